The Kier molecular flexibility index (Phi) is 6.09. The topological polar surface area (TPSA) is 127 Å². The number of fused-ring (bicyclic) bond motifs is 1. The van der Waals surface area contributed by atoms with Gasteiger partial charge in [-0.1, -0.05) is 41.4 Å². The van der Waals surface area contributed by atoms with Gasteiger partial charge >= 0.3 is 5.97 Å². The highest BCUT2D eigenvalue weighted by atomic mass is 35.5. The van der Waals surface area contributed by atoms with Crippen LogP contribution in [0.3, 0.4) is 0 Å². The number of pyridine rings is 1. The first kappa shape index (κ1) is 22.4. The van der Waals surface area contributed by atoms with Gasteiger partial charge in [0.05, 0.1) is 24.2 Å². The Morgan fingerprint density at radius 1 is 1.27 bits per heavy atom. The van der Waals surface area contributed by atoms with E-state index in [0.29, 0.717) is 16.4 Å². The Bertz CT molecular complexity index is 1470. The number of aromatic nitrogens is 3. The number of H-pyrrole nitrogens is 1. The zero-order chi connectivity index (χ0) is 23.7. The molecule has 2 aromatic heterocycles. The summed E-state index contributed by atoms with van der Waals surface area (Å²) in [6, 6.07) is 13.8. The van der Waals surface area contributed by atoms with Gasteiger partial charge in [-0.3, -0.25) is 9.36 Å². The van der Waals surface area contributed by atoms with Crippen LogP contribution in [0.1, 0.15) is 28.7 Å². The summed E-state index contributed by atoms with van der Waals surface area (Å²) in [5.41, 5.74) is 6.96. The third kappa shape index (κ3) is 4.04. The number of esters is 1. The van der Waals surface area contributed by atoms with Crippen molar-refractivity contribution >= 4 is 46.0 Å². The fraction of sp³-hybridized carbons (Fsp3) is 0.130. The number of carbonyl (C=O) groups is 1. The molecule has 0 radical (unpaired) electrons. The molecule has 0 amide bonds. The van der Waals surface area contributed by atoms with E-state index in [9.17, 15) is 14.9 Å². The lowest BCUT2D eigenvalue weighted by Gasteiger charge is -2.18. The maximum absolute atomic E-state index is 13.3. The highest BCUT2D eigenvalue weighted by Crippen LogP contribution is 2.36. The number of carbonyl (C=O) groups excluding carboxylic acids is 1. The number of nitrogens with one attached hydrogen (secondary N) is 1. The van der Waals surface area contributed by atoms with Crippen molar-refractivity contribution in [3.05, 3.63) is 79.8 Å². The molecule has 0 fully saturated rings. The molecule has 0 aliphatic heterocycles. The largest absolute Gasteiger partial charge is 0.462 e. The molecule has 0 unspecified atom stereocenters. The number of halogens is 2. The minimum Gasteiger partial charge on any atom is -0.462 e. The van der Waals surface area contributed by atoms with E-state index in [-0.39, 0.29) is 46.2 Å². The third-order valence-corrected chi connectivity index (χ3v) is 5.59. The molecule has 10 heteroatoms. The van der Waals surface area contributed by atoms with Crippen LogP contribution in [0.25, 0.3) is 22.2 Å². The van der Waals surface area contributed by atoms with E-state index in [2.05, 4.69) is 9.97 Å². The molecule has 33 heavy (non-hydrogen) atoms. The van der Waals surface area contributed by atoms with Gasteiger partial charge in [-0.2, -0.15) is 5.26 Å². The molecule has 4 aromatic rings. The smallest absolute Gasteiger partial charge is 0.342 e. The second-order valence-electron chi connectivity index (χ2n) is 7.06. The number of nitrogens with two attached hydrogens (primary N) is 1. The van der Waals surface area contributed by atoms with Crippen LogP contribution in [-0.4, -0.2) is 27.1 Å². The second-order valence-corrected chi connectivity index (χ2v) is 7.90. The lowest BCUT2D eigenvalue weighted by atomic mass is 9.95. The van der Waals surface area contributed by atoms with Gasteiger partial charge in [0.25, 0.3) is 5.56 Å². The molecule has 0 aliphatic rings. The zero-order valence-corrected chi connectivity index (χ0v) is 18.9. The van der Waals surface area contributed by atoms with Crippen molar-refractivity contribution in [1.82, 2.24) is 14.5 Å². The van der Waals surface area contributed by atoms with Crippen LogP contribution in [0.4, 0.5) is 5.82 Å². The Hall–Kier alpha value is -3.80. The van der Waals surface area contributed by atoms with E-state index in [1.165, 1.54) is 18.2 Å². The van der Waals surface area contributed by atoms with E-state index in [1.807, 2.05) is 30.3 Å². The maximum Gasteiger partial charge on any atom is 0.342 e. The van der Waals surface area contributed by atoms with Crippen molar-refractivity contribution in [2.75, 3.05) is 12.3 Å². The van der Waals surface area contributed by atoms with E-state index in [0.717, 1.165) is 10.1 Å². The SMILES string of the molecule is CCOC(=O)c1c(-c2ccc(Cl)cc2Cl)c(C#N)c(=O)n(Cc2nc3ccccc3[nH]2)c1N. The van der Waals surface area contributed by atoms with Crippen LogP contribution in [0.15, 0.2) is 47.3 Å². The van der Waals surface area contributed by atoms with Gasteiger partial charge in [0.2, 0.25) is 0 Å². The summed E-state index contributed by atoms with van der Waals surface area (Å²) in [5, 5.41) is 10.4. The lowest BCUT2D eigenvalue weighted by molar-refractivity contribution is 0.0527. The van der Waals surface area contributed by atoms with Gasteiger partial charge in [0, 0.05) is 21.2 Å². The number of nitrogen functional groups attached to an aromatic ring is 1. The van der Waals surface area contributed by atoms with Crippen LogP contribution in [0.2, 0.25) is 10.0 Å². The van der Waals surface area contributed by atoms with Crippen LogP contribution in [0, 0.1) is 11.3 Å². The standard InChI is InChI=1S/C23H17Cl2N5O3/c1-2-33-23(32)20-19(13-8-7-12(24)9-15(13)25)14(10-26)22(31)30(21(20)27)11-18-28-16-5-3-4-6-17(16)29-18/h3-9H,2,11,27H2,1H3,(H,28,29). The van der Waals surface area contributed by atoms with Crippen LogP contribution >= 0.6 is 23.2 Å². The average molecular weight is 482 g/mol. The van der Waals surface area contributed by atoms with Crippen molar-refractivity contribution in [1.29, 1.82) is 5.26 Å². The van der Waals surface area contributed by atoms with Crippen LogP contribution in [0.5, 0.6) is 0 Å². The Labute approximate surface area is 198 Å². The van der Waals surface area contributed by atoms with Gasteiger partial charge in [-0.25, -0.2) is 9.78 Å². The molecule has 8 nitrogen and oxygen atoms in total. The first-order valence-electron chi connectivity index (χ1n) is 9.88. The van der Waals surface area contributed by atoms with Crippen LogP contribution in [-0.2, 0) is 11.3 Å². The van der Waals surface area contributed by atoms with Gasteiger partial charge < -0.3 is 15.5 Å². The van der Waals surface area contributed by atoms with E-state index in [1.54, 1.807) is 6.92 Å². The number of benzene rings is 2. The summed E-state index contributed by atoms with van der Waals surface area (Å²) in [6.45, 7) is 1.62. The predicted octanol–water partition coefficient (Wildman–Crippen LogP) is 4.38. The number of imidazole rings is 1. The summed E-state index contributed by atoms with van der Waals surface area (Å²) in [7, 11) is 0. The summed E-state index contributed by atoms with van der Waals surface area (Å²) in [4.78, 5) is 33.9. The first-order valence-corrected chi connectivity index (χ1v) is 10.6. The number of nitrogens with zero attached hydrogens (tertiary/aromatic N) is 3. The van der Waals surface area contributed by atoms with Crippen LogP contribution < -0.4 is 11.3 Å². The molecular formula is C23H17Cl2N5O3. The van der Waals surface area contributed by atoms with Gasteiger partial charge in [0.15, 0.2) is 0 Å². The molecule has 2 heterocycles. The third-order valence-electron chi connectivity index (χ3n) is 5.04. The first-order chi connectivity index (χ1) is 15.8. The molecule has 0 atom stereocenters. The van der Waals surface area contributed by atoms with E-state index >= 15 is 0 Å². The number of hydrogen-bond donors (Lipinski definition) is 2. The van der Waals surface area contributed by atoms with Crippen molar-refractivity contribution in [2.24, 2.45) is 0 Å². The van der Waals surface area contributed by atoms with E-state index < -0.39 is 11.5 Å². The van der Waals surface area contributed by atoms with Crippen molar-refractivity contribution < 1.29 is 9.53 Å². The summed E-state index contributed by atoms with van der Waals surface area (Å²) < 4.78 is 6.31. The summed E-state index contributed by atoms with van der Waals surface area (Å²) in [6.07, 6.45) is 0. The fourth-order valence-corrected chi connectivity index (χ4v) is 4.10. The Morgan fingerprint density at radius 3 is 2.70 bits per heavy atom. The molecule has 0 spiro atoms. The quantitative estimate of drug-likeness (QED) is 0.407. The van der Waals surface area contributed by atoms with Crippen molar-refractivity contribution in [3.63, 3.8) is 0 Å². The number of nitriles is 1. The molecule has 0 aliphatic carbocycles. The number of hydrogen-bond acceptors (Lipinski definition) is 6. The van der Waals surface area contributed by atoms with Crippen molar-refractivity contribution in [3.8, 4) is 17.2 Å². The van der Waals surface area contributed by atoms with Crippen molar-refractivity contribution in [2.45, 2.75) is 13.5 Å². The molecular weight excluding hydrogens is 465 g/mol. The number of rotatable bonds is 5. The van der Waals surface area contributed by atoms with Gasteiger partial charge in [-0.05, 0) is 31.2 Å². The number of anilines is 1. The summed E-state index contributed by atoms with van der Waals surface area (Å²) >= 11 is 12.4. The molecule has 2 aromatic carbocycles. The summed E-state index contributed by atoms with van der Waals surface area (Å²) in [5.74, 6) is -0.522. The number of aromatic amines is 1. The average Bonchev–Trinajstić information content (AvgIpc) is 3.19. The monoisotopic (exact) mass is 481 g/mol. The Balaban J connectivity index is 1.99. The highest BCUT2D eigenvalue weighted by molar-refractivity contribution is 6.36. The Morgan fingerprint density at radius 2 is 2.03 bits per heavy atom. The lowest BCUT2D eigenvalue weighted by Crippen LogP contribution is -2.30. The van der Waals surface area contributed by atoms with E-state index in [4.69, 9.17) is 33.7 Å². The molecule has 0 bridgehead atoms. The molecule has 0 saturated heterocycles. The minimum absolute atomic E-state index is 0.000901. The molecule has 0 saturated carbocycles. The maximum atomic E-state index is 13.3. The minimum atomic E-state index is -0.786. The molecule has 3 N–H and O–H groups in total. The van der Waals surface area contributed by atoms with Gasteiger partial charge in [0.1, 0.15) is 28.8 Å². The number of para-hydroxylation sites is 2. The predicted molar refractivity (Wildman–Crippen MR) is 126 cm³/mol. The molecule has 166 valence electrons. The van der Waals surface area contributed by atoms with Gasteiger partial charge in [-0.15, -0.1) is 0 Å². The normalized spacial score (nSPS) is 10.8. The molecule has 4 rings (SSSR count). The fourth-order valence-electron chi connectivity index (χ4n) is 3.60. The number of ether oxygens (including phenoxy) is 1. The zero-order valence-electron chi connectivity index (χ0n) is 17.4. The highest BCUT2D eigenvalue weighted by Gasteiger charge is 2.28. The second kappa shape index (κ2) is 8.98.